The largest absolute Gasteiger partial charge is 0.477 e. The number of allylic oxidation sites excluding steroid dienone is 20. The van der Waals surface area contributed by atoms with Crippen molar-refractivity contribution >= 4 is 17.9 Å². The number of rotatable bonds is 61. The molecule has 0 rings (SSSR count). The summed E-state index contributed by atoms with van der Waals surface area (Å²) in [5, 5.41) is 9.74. The van der Waals surface area contributed by atoms with Gasteiger partial charge in [0.15, 0.2) is 6.10 Å². The number of nitrogens with zero attached hydrogens (tertiary/aromatic N) is 1. The van der Waals surface area contributed by atoms with Gasteiger partial charge in [-0.25, -0.2) is 4.79 Å². The first-order chi connectivity index (χ1) is 40.6. The van der Waals surface area contributed by atoms with E-state index in [1.807, 2.05) is 21.1 Å². The Morgan fingerprint density at radius 2 is 0.687 bits per heavy atom. The highest BCUT2D eigenvalue weighted by Gasteiger charge is 2.25. The summed E-state index contributed by atoms with van der Waals surface area (Å²) in [5.41, 5.74) is 0. The predicted molar refractivity (Wildman–Crippen MR) is 354 cm³/mol. The van der Waals surface area contributed by atoms with Gasteiger partial charge in [-0.1, -0.05) is 270 Å². The van der Waals surface area contributed by atoms with E-state index in [1.54, 1.807) is 0 Å². The molecular formula is C74H126NO8+. The second-order valence-electron chi connectivity index (χ2n) is 23.4. The van der Waals surface area contributed by atoms with Crippen molar-refractivity contribution in [1.82, 2.24) is 0 Å². The van der Waals surface area contributed by atoms with Crippen LogP contribution in [0.5, 0.6) is 0 Å². The maximum absolute atomic E-state index is 12.9. The summed E-state index contributed by atoms with van der Waals surface area (Å²) >= 11 is 0. The molecule has 0 amide bonds. The molecule has 0 aromatic rings. The van der Waals surface area contributed by atoms with Crippen molar-refractivity contribution < 1.29 is 42.9 Å². The monoisotopic (exact) mass is 1160 g/mol. The van der Waals surface area contributed by atoms with Crippen molar-refractivity contribution in [1.29, 1.82) is 0 Å². The van der Waals surface area contributed by atoms with Crippen molar-refractivity contribution in [2.45, 2.75) is 283 Å². The number of hydrogen-bond donors (Lipinski definition) is 1. The SMILES string of the molecule is CC/C=C\C/C=C\C/C=C\C/C=C\C/C=C\C/C=C\C/C=C\CCCCCCCCCCCC(=O)OC(COC(=O)CCCCCCCCCCCCCC/C=C\C/C=C\C/C=C\CCCCCCC)COC(OCC[N+](C)(C)C)C(=O)O. The van der Waals surface area contributed by atoms with Crippen LogP contribution in [0, 0.1) is 0 Å². The van der Waals surface area contributed by atoms with Crippen molar-refractivity contribution in [2.24, 2.45) is 0 Å². The molecule has 0 spiro atoms. The molecule has 0 aliphatic rings. The van der Waals surface area contributed by atoms with Crippen LogP contribution >= 0.6 is 0 Å². The molecule has 2 atom stereocenters. The molecule has 0 aliphatic carbocycles. The zero-order valence-corrected chi connectivity index (χ0v) is 54.1. The summed E-state index contributed by atoms with van der Waals surface area (Å²) < 4.78 is 23.0. The molecular weight excluding hydrogens is 1030 g/mol. The van der Waals surface area contributed by atoms with Crippen LogP contribution in [0.1, 0.15) is 271 Å². The normalized spacial score (nSPS) is 13.5. The van der Waals surface area contributed by atoms with Crippen molar-refractivity contribution in [3.63, 3.8) is 0 Å². The summed E-state index contributed by atoms with van der Waals surface area (Å²) in [7, 11) is 5.97. The highest BCUT2D eigenvalue weighted by Crippen LogP contribution is 2.16. The van der Waals surface area contributed by atoms with Crippen molar-refractivity contribution in [2.75, 3.05) is 47.5 Å². The second kappa shape index (κ2) is 63.7. The lowest BCUT2D eigenvalue weighted by Gasteiger charge is -2.25. The summed E-state index contributed by atoms with van der Waals surface area (Å²) in [6, 6.07) is 0. The number of aliphatic carboxylic acids is 1. The Balaban J connectivity index is 4.21. The summed E-state index contributed by atoms with van der Waals surface area (Å²) in [6.07, 6.45) is 87.2. The molecule has 9 heteroatoms. The zero-order chi connectivity index (χ0) is 60.5. The van der Waals surface area contributed by atoms with E-state index in [0.717, 1.165) is 103 Å². The van der Waals surface area contributed by atoms with Crippen LogP contribution in [0.2, 0.25) is 0 Å². The molecule has 0 aromatic carbocycles. The summed E-state index contributed by atoms with van der Waals surface area (Å²) in [4.78, 5) is 37.6. The van der Waals surface area contributed by atoms with Crippen LogP contribution in [0.15, 0.2) is 122 Å². The highest BCUT2D eigenvalue weighted by molar-refractivity contribution is 5.71. The standard InChI is InChI=1S/C74H125NO8/c1-6-8-10-12-14-16-18-20-22-24-26-28-30-32-34-35-36-37-39-41-43-45-47-49-51-53-55-57-59-61-63-65-72(77)83-70(69-82-74(73(78)79)80-67-66-75(3,4)5)68-81-71(76)64-62-60-58-56-54-52-50-48-46-44-42-40-38-33-31-29-27-25-23-21-19-17-15-13-11-9-7-2/h8,10,14,16,19-22,25-28,31-34,36-37,41,43,70,74H,6-7,9,11-13,15,17-18,23-24,29-30,35,38-40,42,44-69H2,1-5H3/p+1/b10-8-,16-14-,21-19-,22-20-,27-25-,28-26-,33-31-,34-32-,37-36-,43-41-. The van der Waals surface area contributed by atoms with Gasteiger partial charge in [0.05, 0.1) is 34.4 Å². The van der Waals surface area contributed by atoms with Gasteiger partial charge in [-0.2, -0.15) is 0 Å². The average molecular weight is 1160 g/mol. The van der Waals surface area contributed by atoms with E-state index in [9.17, 15) is 19.5 Å². The lowest BCUT2D eigenvalue weighted by molar-refractivity contribution is -0.870. The van der Waals surface area contributed by atoms with Crippen LogP contribution in [0.4, 0.5) is 0 Å². The van der Waals surface area contributed by atoms with Crippen LogP contribution < -0.4 is 0 Å². The van der Waals surface area contributed by atoms with Gasteiger partial charge in [0.1, 0.15) is 13.2 Å². The quantitative estimate of drug-likeness (QED) is 0.0211. The van der Waals surface area contributed by atoms with Gasteiger partial charge < -0.3 is 28.5 Å². The third-order valence-corrected chi connectivity index (χ3v) is 14.2. The molecule has 0 saturated heterocycles. The minimum Gasteiger partial charge on any atom is -0.477 e. The molecule has 0 radical (unpaired) electrons. The number of hydrogen-bond acceptors (Lipinski definition) is 7. The predicted octanol–water partition coefficient (Wildman–Crippen LogP) is 20.8. The maximum Gasteiger partial charge on any atom is 0.361 e. The molecule has 1 N–H and O–H groups in total. The van der Waals surface area contributed by atoms with Crippen LogP contribution in [-0.4, -0.2) is 87.4 Å². The minimum atomic E-state index is -1.52. The van der Waals surface area contributed by atoms with Gasteiger partial charge >= 0.3 is 17.9 Å². The molecule has 0 aromatic heterocycles. The van der Waals surface area contributed by atoms with Gasteiger partial charge in [0.2, 0.25) is 0 Å². The van der Waals surface area contributed by atoms with Crippen LogP contribution in [-0.2, 0) is 33.3 Å². The van der Waals surface area contributed by atoms with E-state index in [2.05, 4.69) is 135 Å². The van der Waals surface area contributed by atoms with E-state index in [-0.39, 0.29) is 32.2 Å². The molecule has 474 valence electrons. The van der Waals surface area contributed by atoms with Crippen LogP contribution in [0.3, 0.4) is 0 Å². The minimum absolute atomic E-state index is 0.180. The first-order valence-electron chi connectivity index (χ1n) is 33.7. The number of quaternary nitrogens is 1. The van der Waals surface area contributed by atoms with E-state index in [1.165, 1.54) is 135 Å². The Bertz CT molecular complexity index is 1780. The molecule has 9 nitrogen and oxygen atoms in total. The topological polar surface area (TPSA) is 108 Å². The number of unbranched alkanes of at least 4 members (excludes halogenated alkanes) is 26. The van der Waals surface area contributed by atoms with Gasteiger partial charge in [0, 0.05) is 12.8 Å². The Hall–Kier alpha value is -4.31. The number of carboxylic acids is 1. The number of ether oxygens (including phenoxy) is 4. The van der Waals surface area contributed by atoms with Gasteiger partial charge in [-0.15, -0.1) is 0 Å². The fourth-order valence-corrected chi connectivity index (χ4v) is 9.06. The Kier molecular flexibility index (Phi) is 60.4. The lowest BCUT2D eigenvalue weighted by atomic mass is 10.0. The van der Waals surface area contributed by atoms with Crippen molar-refractivity contribution in [3.05, 3.63) is 122 Å². The number of likely N-dealkylation sites (N-methyl/N-ethyl adjacent to an activating group) is 1. The molecule has 0 bridgehead atoms. The van der Waals surface area contributed by atoms with Gasteiger partial charge in [-0.05, 0) is 109 Å². The molecule has 0 saturated carbocycles. The van der Waals surface area contributed by atoms with Crippen molar-refractivity contribution in [3.8, 4) is 0 Å². The number of esters is 2. The number of carbonyl (C=O) groups excluding carboxylic acids is 2. The first-order valence-corrected chi connectivity index (χ1v) is 33.7. The first kappa shape index (κ1) is 78.7. The fourth-order valence-electron chi connectivity index (χ4n) is 9.06. The third-order valence-electron chi connectivity index (χ3n) is 14.2. The van der Waals surface area contributed by atoms with E-state index < -0.39 is 24.3 Å². The number of carboxylic acid groups (broad SMARTS) is 1. The Morgan fingerprint density at radius 3 is 1.02 bits per heavy atom. The second-order valence-corrected chi connectivity index (χ2v) is 23.4. The lowest BCUT2D eigenvalue weighted by Crippen LogP contribution is -2.40. The molecule has 2 unspecified atom stereocenters. The maximum atomic E-state index is 12.9. The molecule has 0 aliphatic heterocycles. The molecule has 0 fully saturated rings. The van der Waals surface area contributed by atoms with E-state index in [4.69, 9.17) is 18.9 Å². The Labute approximate surface area is 510 Å². The van der Waals surface area contributed by atoms with E-state index in [0.29, 0.717) is 23.9 Å². The third kappa shape index (κ3) is 65.1. The number of carbonyl (C=O) groups is 3. The van der Waals surface area contributed by atoms with Gasteiger partial charge in [0.25, 0.3) is 6.29 Å². The van der Waals surface area contributed by atoms with Crippen LogP contribution in [0.25, 0.3) is 0 Å². The highest BCUT2D eigenvalue weighted by atomic mass is 16.7. The van der Waals surface area contributed by atoms with Gasteiger partial charge in [-0.3, -0.25) is 9.59 Å². The fraction of sp³-hybridized carbons (Fsp3) is 0.689. The molecule has 83 heavy (non-hydrogen) atoms. The smallest absolute Gasteiger partial charge is 0.361 e. The average Bonchev–Trinajstić information content (AvgIpc) is 3.46. The van der Waals surface area contributed by atoms with E-state index >= 15 is 0 Å². The Morgan fingerprint density at radius 1 is 0.373 bits per heavy atom. The molecule has 0 heterocycles. The summed E-state index contributed by atoms with van der Waals surface area (Å²) in [6.45, 7) is 4.75. The zero-order valence-electron chi connectivity index (χ0n) is 54.1. The summed E-state index contributed by atoms with van der Waals surface area (Å²) in [5.74, 6) is -2.02.